The second kappa shape index (κ2) is 8.03. The molecular weight excluding hydrogens is 282 g/mol. The lowest BCUT2D eigenvalue weighted by Gasteiger charge is -2.20. The summed E-state index contributed by atoms with van der Waals surface area (Å²) in [5.41, 5.74) is 0.566. The van der Waals surface area contributed by atoms with Gasteiger partial charge in [0.05, 0.1) is 25.4 Å². The Kier molecular flexibility index (Phi) is 6.07. The van der Waals surface area contributed by atoms with Crippen LogP contribution >= 0.6 is 0 Å². The number of amides is 1. The van der Waals surface area contributed by atoms with Crippen LogP contribution in [0.3, 0.4) is 0 Å². The molecule has 1 aliphatic heterocycles. The van der Waals surface area contributed by atoms with E-state index in [-0.39, 0.29) is 18.1 Å². The Labute approximate surface area is 131 Å². The van der Waals surface area contributed by atoms with Crippen LogP contribution in [0.2, 0.25) is 0 Å². The Morgan fingerprint density at radius 3 is 2.68 bits per heavy atom. The number of carbonyl (C=O) groups is 1. The molecule has 0 radical (unpaired) electrons. The molecule has 1 heterocycles. The molecule has 1 aromatic carbocycles. The highest BCUT2D eigenvalue weighted by Crippen LogP contribution is 2.28. The van der Waals surface area contributed by atoms with Gasteiger partial charge >= 0.3 is 0 Å². The largest absolute Gasteiger partial charge is 0.490 e. The van der Waals surface area contributed by atoms with E-state index in [1.807, 2.05) is 20.8 Å². The third-order valence-electron chi connectivity index (χ3n) is 3.69. The van der Waals surface area contributed by atoms with E-state index in [0.717, 1.165) is 19.4 Å². The molecule has 22 heavy (non-hydrogen) atoms. The molecule has 5 nitrogen and oxygen atoms in total. The van der Waals surface area contributed by atoms with Crippen LogP contribution in [0.1, 0.15) is 44.0 Å². The summed E-state index contributed by atoms with van der Waals surface area (Å²) in [4.78, 5) is 12.4. The molecule has 1 aliphatic rings. The van der Waals surface area contributed by atoms with Gasteiger partial charge in [0.2, 0.25) is 0 Å². The van der Waals surface area contributed by atoms with E-state index in [1.165, 1.54) is 0 Å². The van der Waals surface area contributed by atoms with Gasteiger partial charge in [-0.15, -0.1) is 0 Å². The van der Waals surface area contributed by atoms with Crippen molar-refractivity contribution in [3.8, 4) is 11.5 Å². The third kappa shape index (κ3) is 4.13. The van der Waals surface area contributed by atoms with E-state index in [9.17, 15) is 4.79 Å². The van der Waals surface area contributed by atoms with E-state index >= 15 is 0 Å². The van der Waals surface area contributed by atoms with Crippen molar-refractivity contribution in [2.75, 3.05) is 19.8 Å². The van der Waals surface area contributed by atoms with Gasteiger partial charge < -0.3 is 19.5 Å². The molecule has 1 N–H and O–H groups in total. The van der Waals surface area contributed by atoms with Crippen LogP contribution in [0.25, 0.3) is 0 Å². The standard InChI is InChI=1S/C17H25NO4/c1-4-20-15-9-8-13(11-16(15)21-5-2)17(19)18-12(3)14-7-6-10-22-14/h8-9,11-12,14H,4-7,10H2,1-3H3,(H,18,19). The number of rotatable bonds is 7. The number of hydrogen-bond acceptors (Lipinski definition) is 4. The molecule has 0 spiro atoms. The molecule has 0 saturated carbocycles. The molecule has 1 fully saturated rings. The summed E-state index contributed by atoms with van der Waals surface area (Å²) in [5.74, 6) is 1.14. The third-order valence-corrected chi connectivity index (χ3v) is 3.69. The average Bonchev–Trinajstić information content (AvgIpc) is 3.04. The number of ether oxygens (including phenoxy) is 3. The predicted octanol–water partition coefficient (Wildman–Crippen LogP) is 2.78. The van der Waals surface area contributed by atoms with Gasteiger partial charge in [-0.1, -0.05) is 0 Å². The predicted molar refractivity (Wildman–Crippen MR) is 84.7 cm³/mol. The Balaban J connectivity index is 2.06. The normalized spacial score (nSPS) is 18.8. The highest BCUT2D eigenvalue weighted by atomic mass is 16.5. The van der Waals surface area contributed by atoms with Crippen LogP contribution < -0.4 is 14.8 Å². The summed E-state index contributed by atoms with van der Waals surface area (Å²) in [6.45, 7) is 7.66. The molecule has 1 aromatic rings. The van der Waals surface area contributed by atoms with Crippen molar-refractivity contribution in [1.82, 2.24) is 5.32 Å². The fraction of sp³-hybridized carbons (Fsp3) is 0.588. The van der Waals surface area contributed by atoms with Gasteiger partial charge in [-0.2, -0.15) is 0 Å². The van der Waals surface area contributed by atoms with Gasteiger partial charge in [0.1, 0.15) is 0 Å². The van der Waals surface area contributed by atoms with Crippen molar-refractivity contribution in [3.63, 3.8) is 0 Å². The van der Waals surface area contributed by atoms with Crippen LogP contribution in [-0.4, -0.2) is 37.9 Å². The SMILES string of the molecule is CCOc1ccc(C(=O)NC(C)C2CCCO2)cc1OCC. The maximum absolute atomic E-state index is 12.4. The number of benzene rings is 1. The zero-order valence-electron chi connectivity index (χ0n) is 13.6. The van der Waals surface area contributed by atoms with Gasteiger partial charge in [-0.25, -0.2) is 0 Å². The number of hydrogen-bond donors (Lipinski definition) is 1. The van der Waals surface area contributed by atoms with E-state index in [1.54, 1.807) is 18.2 Å². The molecule has 2 unspecified atom stereocenters. The topological polar surface area (TPSA) is 56.8 Å². The Morgan fingerprint density at radius 2 is 2.05 bits per heavy atom. The van der Waals surface area contributed by atoms with Crippen molar-refractivity contribution in [3.05, 3.63) is 23.8 Å². The van der Waals surface area contributed by atoms with Crippen molar-refractivity contribution >= 4 is 5.91 Å². The van der Waals surface area contributed by atoms with Crippen molar-refractivity contribution in [2.45, 2.75) is 45.8 Å². The maximum atomic E-state index is 12.4. The minimum atomic E-state index is -0.119. The molecule has 1 amide bonds. The van der Waals surface area contributed by atoms with Gasteiger partial charge in [-0.05, 0) is 51.8 Å². The first-order valence-electron chi connectivity index (χ1n) is 7.97. The van der Waals surface area contributed by atoms with Crippen molar-refractivity contribution in [1.29, 1.82) is 0 Å². The fourth-order valence-electron chi connectivity index (χ4n) is 2.57. The van der Waals surface area contributed by atoms with Crippen LogP contribution in [0.4, 0.5) is 0 Å². The Hall–Kier alpha value is -1.75. The lowest BCUT2D eigenvalue weighted by molar-refractivity contribution is 0.0712. The highest BCUT2D eigenvalue weighted by molar-refractivity contribution is 5.95. The quantitative estimate of drug-likeness (QED) is 0.841. The first kappa shape index (κ1) is 16.6. The molecule has 0 bridgehead atoms. The molecule has 0 aromatic heterocycles. The maximum Gasteiger partial charge on any atom is 0.251 e. The lowest BCUT2D eigenvalue weighted by Crippen LogP contribution is -2.40. The van der Waals surface area contributed by atoms with Crippen LogP contribution in [-0.2, 0) is 4.74 Å². The Bertz CT molecular complexity index is 497. The molecule has 0 aliphatic carbocycles. The van der Waals surface area contributed by atoms with Crippen LogP contribution in [0.5, 0.6) is 11.5 Å². The Morgan fingerprint density at radius 1 is 1.32 bits per heavy atom. The van der Waals surface area contributed by atoms with Gasteiger partial charge in [0.25, 0.3) is 5.91 Å². The zero-order chi connectivity index (χ0) is 15.9. The second-order valence-electron chi connectivity index (χ2n) is 5.34. The van der Waals surface area contributed by atoms with E-state index in [4.69, 9.17) is 14.2 Å². The van der Waals surface area contributed by atoms with E-state index in [0.29, 0.717) is 30.3 Å². The van der Waals surface area contributed by atoms with Gasteiger partial charge in [0, 0.05) is 12.2 Å². The first-order chi connectivity index (χ1) is 10.7. The zero-order valence-corrected chi connectivity index (χ0v) is 13.6. The van der Waals surface area contributed by atoms with E-state index in [2.05, 4.69) is 5.32 Å². The summed E-state index contributed by atoms with van der Waals surface area (Å²) in [6, 6.07) is 5.26. The van der Waals surface area contributed by atoms with Crippen LogP contribution in [0, 0.1) is 0 Å². The smallest absolute Gasteiger partial charge is 0.251 e. The molecule has 2 atom stereocenters. The summed E-state index contributed by atoms with van der Waals surface area (Å²) in [5, 5.41) is 3.00. The molecule has 5 heteroatoms. The monoisotopic (exact) mass is 307 g/mol. The lowest BCUT2D eigenvalue weighted by atomic mass is 10.1. The highest BCUT2D eigenvalue weighted by Gasteiger charge is 2.24. The fourth-order valence-corrected chi connectivity index (χ4v) is 2.57. The van der Waals surface area contributed by atoms with Crippen molar-refractivity contribution < 1.29 is 19.0 Å². The van der Waals surface area contributed by atoms with Gasteiger partial charge in [-0.3, -0.25) is 4.79 Å². The van der Waals surface area contributed by atoms with Crippen molar-refractivity contribution in [2.24, 2.45) is 0 Å². The first-order valence-corrected chi connectivity index (χ1v) is 7.97. The minimum absolute atomic E-state index is 0.00267. The number of nitrogens with one attached hydrogen (secondary N) is 1. The molecule has 122 valence electrons. The molecular formula is C17H25NO4. The summed E-state index contributed by atoms with van der Waals surface area (Å²) >= 11 is 0. The molecule has 2 rings (SSSR count). The number of carbonyl (C=O) groups excluding carboxylic acids is 1. The minimum Gasteiger partial charge on any atom is -0.490 e. The summed E-state index contributed by atoms with van der Waals surface area (Å²) in [6.07, 6.45) is 2.16. The second-order valence-corrected chi connectivity index (χ2v) is 5.34. The van der Waals surface area contributed by atoms with Gasteiger partial charge in [0.15, 0.2) is 11.5 Å². The summed E-state index contributed by atoms with van der Waals surface area (Å²) in [7, 11) is 0. The average molecular weight is 307 g/mol. The summed E-state index contributed by atoms with van der Waals surface area (Å²) < 4.78 is 16.7. The molecule has 1 saturated heterocycles. The van der Waals surface area contributed by atoms with E-state index < -0.39 is 0 Å². The van der Waals surface area contributed by atoms with Crippen LogP contribution in [0.15, 0.2) is 18.2 Å².